The normalized spacial score (nSPS) is 18.3. The standard InChI is InChI=1S/C21H32FN3O2/c1-5-11-24(14-16-8-6-7-9-17(16)22)19(26)13-18-20(27)23-10-12-25(18)15-21(2,3)4/h6-9,18H,5,10-15H2,1-4H3,(H,23,27)/t18-/m0/s1. The molecule has 150 valence electrons. The van der Waals surface area contributed by atoms with Gasteiger partial charge in [0.15, 0.2) is 0 Å². The van der Waals surface area contributed by atoms with Gasteiger partial charge in [-0.25, -0.2) is 4.39 Å². The summed E-state index contributed by atoms with van der Waals surface area (Å²) in [6.45, 7) is 11.2. The number of carbonyl (C=O) groups is 2. The van der Waals surface area contributed by atoms with E-state index in [1.165, 1.54) is 6.07 Å². The minimum atomic E-state index is -0.467. The van der Waals surface area contributed by atoms with E-state index in [9.17, 15) is 14.0 Å². The number of rotatable bonds is 7. The largest absolute Gasteiger partial charge is 0.353 e. The molecule has 2 amide bonds. The summed E-state index contributed by atoms with van der Waals surface area (Å²) >= 11 is 0. The molecule has 0 spiro atoms. The predicted molar refractivity (Wildman–Crippen MR) is 105 cm³/mol. The highest BCUT2D eigenvalue weighted by Crippen LogP contribution is 2.21. The van der Waals surface area contributed by atoms with Crippen LogP contribution in [0.1, 0.15) is 46.1 Å². The lowest BCUT2D eigenvalue weighted by Gasteiger charge is -2.39. The molecule has 0 saturated carbocycles. The molecule has 1 saturated heterocycles. The lowest BCUT2D eigenvalue weighted by atomic mass is 9.94. The number of halogens is 1. The average Bonchev–Trinajstić information content (AvgIpc) is 2.58. The monoisotopic (exact) mass is 377 g/mol. The van der Waals surface area contributed by atoms with Crippen LogP contribution >= 0.6 is 0 Å². The van der Waals surface area contributed by atoms with E-state index in [0.29, 0.717) is 18.7 Å². The molecule has 1 atom stereocenters. The minimum absolute atomic E-state index is 0.0369. The average molecular weight is 378 g/mol. The van der Waals surface area contributed by atoms with E-state index >= 15 is 0 Å². The molecule has 1 aliphatic heterocycles. The van der Waals surface area contributed by atoms with Crippen molar-refractivity contribution in [1.29, 1.82) is 0 Å². The van der Waals surface area contributed by atoms with Gasteiger partial charge in [-0.15, -0.1) is 0 Å². The Morgan fingerprint density at radius 1 is 1.33 bits per heavy atom. The summed E-state index contributed by atoms with van der Waals surface area (Å²) in [5.74, 6) is -0.515. The van der Waals surface area contributed by atoms with E-state index in [2.05, 4.69) is 31.0 Å². The molecule has 1 N–H and O–H groups in total. The molecule has 0 radical (unpaired) electrons. The predicted octanol–water partition coefficient (Wildman–Crippen LogP) is 2.80. The highest BCUT2D eigenvalue weighted by molar-refractivity contribution is 5.88. The van der Waals surface area contributed by atoms with Crippen molar-refractivity contribution in [2.24, 2.45) is 5.41 Å². The third kappa shape index (κ3) is 6.31. The van der Waals surface area contributed by atoms with Crippen molar-refractivity contribution in [3.8, 4) is 0 Å². The quantitative estimate of drug-likeness (QED) is 0.795. The first-order chi connectivity index (χ1) is 12.7. The van der Waals surface area contributed by atoms with Gasteiger partial charge >= 0.3 is 0 Å². The molecular weight excluding hydrogens is 345 g/mol. The first kappa shape index (κ1) is 21.4. The van der Waals surface area contributed by atoms with Crippen molar-refractivity contribution in [2.75, 3.05) is 26.2 Å². The molecule has 0 aliphatic carbocycles. The second-order valence-corrected chi connectivity index (χ2v) is 8.45. The van der Waals surface area contributed by atoms with Gasteiger partial charge in [0.05, 0.1) is 12.5 Å². The summed E-state index contributed by atoms with van der Waals surface area (Å²) in [7, 11) is 0. The van der Waals surface area contributed by atoms with E-state index in [1.807, 2.05) is 6.92 Å². The van der Waals surface area contributed by atoms with E-state index in [0.717, 1.165) is 19.5 Å². The van der Waals surface area contributed by atoms with E-state index in [4.69, 9.17) is 0 Å². The number of nitrogens with zero attached hydrogens (tertiary/aromatic N) is 2. The first-order valence-electron chi connectivity index (χ1n) is 9.74. The van der Waals surface area contributed by atoms with Gasteiger partial charge in [0.2, 0.25) is 11.8 Å². The second-order valence-electron chi connectivity index (χ2n) is 8.45. The molecule has 0 bridgehead atoms. The van der Waals surface area contributed by atoms with Gasteiger partial charge in [-0.3, -0.25) is 14.5 Å². The molecule has 1 fully saturated rings. The van der Waals surface area contributed by atoms with Gasteiger partial charge in [0, 0.05) is 38.3 Å². The van der Waals surface area contributed by atoms with Crippen molar-refractivity contribution in [3.05, 3.63) is 35.6 Å². The van der Waals surface area contributed by atoms with E-state index < -0.39 is 6.04 Å². The fourth-order valence-corrected chi connectivity index (χ4v) is 3.47. The summed E-state index contributed by atoms with van der Waals surface area (Å²) in [6.07, 6.45) is 0.902. The molecule has 1 aliphatic rings. The van der Waals surface area contributed by atoms with Crippen molar-refractivity contribution < 1.29 is 14.0 Å². The highest BCUT2D eigenvalue weighted by Gasteiger charge is 2.34. The van der Waals surface area contributed by atoms with Gasteiger partial charge in [-0.05, 0) is 17.9 Å². The summed E-state index contributed by atoms with van der Waals surface area (Å²) in [6, 6.07) is 6.05. The Balaban J connectivity index is 2.11. The molecule has 1 aromatic rings. The third-order valence-electron chi connectivity index (χ3n) is 4.65. The van der Waals surface area contributed by atoms with Gasteiger partial charge in [0.1, 0.15) is 5.82 Å². The number of piperazine rings is 1. The van der Waals surface area contributed by atoms with Gasteiger partial charge in [-0.1, -0.05) is 45.9 Å². The number of benzene rings is 1. The Morgan fingerprint density at radius 2 is 2.04 bits per heavy atom. The van der Waals surface area contributed by atoms with E-state index in [-0.39, 0.29) is 36.0 Å². The Bertz CT molecular complexity index is 657. The Morgan fingerprint density at radius 3 is 2.67 bits per heavy atom. The molecule has 6 heteroatoms. The lowest BCUT2D eigenvalue weighted by Crippen LogP contribution is -2.58. The third-order valence-corrected chi connectivity index (χ3v) is 4.65. The first-order valence-corrected chi connectivity index (χ1v) is 9.74. The van der Waals surface area contributed by atoms with Crippen molar-refractivity contribution in [1.82, 2.24) is 15.1 Å². The van der Waals surface area contributed by atoms with Crippen LogP contribution in [0, 0.1) is 11.2 Å². The number of hydrogen-bond acceptors (Lipinski definition) is 3. The summed E-state index contributed by atoms with van der Waals surface area (Å²) in [5, 5.41) is 2.87. The smallest absolute Gasteiger partial charge is 0.237 e. The van der Waals surface area contributed by atoms with Crippen LogP contribution < -0.4 is 5.32 Å². The molecular formula is C21H32FN3O2. The molecule has 0 aromatic heterocycles. The van der Waals surface area contributed by atoms with Crippen LogP contribution in [0.25, 0.3) is 0 Å². The molecule has 0 unspecified atom stereocenters. The molecule has 27 heavy (non-hydrogen) atoms. The fourth-order valence-electron chi connectivity index (χ4n) is 3.47. The number of nitrogens with one attached hydrogen (secondary N) is 1. The minimum Gasteiger partial charge on any atom is -0.353 e. The van der Waals surface area contributed by atoms with Crippen LogP contribution in [0.2, 0.25) is 0 Å². The molecule has 5 nitrogen and oxygen atoms in total. The van der Waals surface area contributed by atoms with Gasteiger partial charge in [-0.2, -0.15) is 0 Å². The van der Waals surface area contributed by atoms with Crippen LogP contribution in [0.5, 0.6) is 0 Å². The van der Waals surface area contributed by atoms with Crippen molar-refractivity contribution >= 4 is 11.8 Å². The topological polar surface area (TPSA) is 52.7 Å². The Hall–Kier alpha value is -1.95. The van der Waals surface area contributed by atoms with Gasteiger partial charge < -0.3 is 10.2 Å². The van der Waals surface area contributed by atoms with E-state index in [1.54, 1.807) is 23.1 Å². The molecule has 1 heterocycles. The number of amides is 2. The van der Waals surface area contributed by atoms with Crippen LogP contribution in [0.3, 0.4) is 0 Å². The zero-order valence-electron chi connectivity index (χ0n) is 16.9. The van der Waals surface area contributed by atoms with Crippen LogP contribution in [-0.2, 0) is 16.1 Å². The second kappa shape index (κ2) is 9.31. The van der Waals surface area contributed by atoms with Crippen LogP contribution in [0.15, 0.2) is 24.3 Å². The fraction of sp³-hybridized carbons (Fsp3) is 0.619. The summed E-state index contributed by atoms with van der Waals surface area (Å²) in [5.41, 5.74) is 0.536. The zero-order chi connectivity index (χ0) is 20.0. The van der Waals surface area contributed by atoms with Crippen LogP contribution in [-0.4, -0.2) is 53.8 Å². The molecule has 1 aromatic carbocycles. The maximum absolute atomic E-state index is 14.0. The Labute approximate surface area is 161 Å². The van der Waals surface area contributed by atoms with Gasteiger partial charge in [0.25, 0.3) is 0 Å². The maximum atomic E-state index is 14.0. The van der Waals surface area contributed by atoms with Crippen LogP contribution in [0.4, 0.5) is 4.39 Å². The van der Waals surface area contributed by atoms with Crippen molar-refractivity contribution in [2.45, 2.75) is 53.1 Å². The lowest BCUT2D eigenvalue weighted by molar-refractivity contribution is -0.139. The van der Waals surface area contributed by atoms with Crippen molar-refractivity contribution in [3.63, 3.8) is 0 Å². The number of carbonyl (C=O) groups excluding carboxylic acids is 2. The Kier molecular flexibility index (Phi) is 7.36. The highest BCUT2D eigenvalue weighted by atomic mass is 19.1. The summed E-state index contributed by atoms with van der Waals surface area (Å²) in [4.78, 5) is 29.2. The zero-order valence-corrected chi connectivity index (χ0v) is 16.9. The molecule has 2 rings (SSSR count). The maximum Gasteiger partial charge on any atom is 0.237 e. The summed E-state index contributed by atoms with van der Waals surface area (Å²) < 4.78 is 14.0. The SMILES string of the molecule is CCCN(Cc1ccccc1F)C(=O)C[C@H]1C(=O)NCCN1CC(C)(C)C. The number of hydrogen-bond donors (Lipinski definition) is 1.